The summed E-state index contributed by atoms with van der Waals surface area (Å²) in [6.07, 6.45) is 0.534. The van der Waals surface area contributed by atoms with Gasteiger partial charge in [0.2, 0.25) is 0 Å². The number of rotatable bonds is 4. The highest BCUT2D eigenvalue weighted by Crippen LogP contribution is 2.19. The SMILES string of the molecule is Cc1ccc(C(Cc2ccccc2F)NN)cc1. The fourth-order valence-corrected chi connectivity index (χ4v) is 1.96. The van der Waals surface area contributed by atoms with E-state index < -0.39 is 0 Å². The van der Waals surface area contributed by atoms with E-state index in [4.69, 9.17) is 5.84 Å². The number of nitrogens with two attached hydrogens (primary N) is 1. The summed E-state index contributed by atoms with van der Waals surface area (Å²) in [6.45, 7) is 2.03. The number of hydrogen-bond acceptors (Lipinski definition) is 2. The minimum atomic E-state index is -0.190. The average Bonchev–Trinajstić information content (AvgIpc) is 2.39. The van der Waals surface area contributed by atoms with Crippen LogP contribution < -0.4 is 11.3 Å². The van der Waals surface area contributed by atoms with E-state index in [-0.39, 0.29) is 11.9 Å². The Balaban J connectivity index is 2.20. The quantitative estimate of drug-likeness (QED) is 0.641. The lowest BCUT2D eigenvalue weighted by molar-refractivity contribution is 0.529. The highest BCUT2D eigenvalue weighted by Gasteiger charge is 2.12. The van der Waals surface area contributed by atoms with Crippen molar-refractivity contribution in [1.29, 1.82) is 0 Å². The first-order chi connectivity index (χ1) is 8.70. The summed E-state index contributed by atoms with van der Waals surface area (Å²) in [5, 5.41) is 0. The van der Waals surface area contributed by atoms with Gasteiger partial charge in [-0.25, -0.2) is 4.39 Å². The van der Waals surface area contributed by atoms with Crippen LogP contribution in [0.25, 0.3) is 0 Å². The molecule has 2 aromatic carbocycles. The Morgan fingerprint density at radius 1 is 1.11 bits per heavy atom. The van der Waals surface area contributed by atoms with Crippen LogP contribution in [0.3, 0.4) is 0 Å². The Hall–Kier alpha value is -1.71. The van der Waals surface area contributed by atoms with E-state index in [0.717, 1.165) is 5.56 Å². The topological polar surface area (TPSA) is 38.0 Å². The number of benzene rings is 2. The van der Waals surface area contributed by atoms with Crippen molar-refractivity contribution in [3.05, 3.63) is 71.0 Å². The maximum absolute atomic E-state index is 13.6. The second kappa shape index (κ2) is 5.76. The molecule has 0 radical (unpaired) electrons. The molecule has 0 saturated heterocycles. The molecule has 1 unspecified atom stereocenters. The van der Waals surface area contributed by atoms with Crippen molar-refractivity contribution < 1.29 is 4.39 Å². The van der Waals surface area contributed by atoms with Crippen molar-refractivity contribution in [2.75, 3.05) is 0 Å². The van der Waals surface area contributed by atoms with E-state index in [1.165, 1.54) is 11.6 Å². The Morgan fingerprint density at radius 2 is 1.78 bits per heavy atom. The molecule has 0 spiro atoms. The fraction of sp³-hybridized carbons (Fsp3) is 0.200. The molecule has 0 aliphatic rings. The van der Waals surface area contributed by atoms with Crippen molar-refractivity contribution in [1.82, 2.24) is 5.43 Å². The predicted octanol–water partition coefficient (Wildman–Crippen LogP) is 2.88. The van der Waals surface area contributed by atoms with Gasteiger partial charge in [0.1, 0.15) is 5.82 Å². The molecule has 1 atom stereocenters. The zero-order valence-corrected chi connectivity index (χ0v) is 10.4. The summed E-state index contributed by atoms with van der Waals surface area (Å²) in [6, 6.07) is 14.8. The minimum absolute atomic E-state index is 0.0810. The maximum Gasteiger partial charge on any atom is 0.126 e. The molecule has 0 fully saturated rings. The van der Waals surface area contributed by atoms with Crippen LogP contribution in [0.4, 0.5) is 4.39 Å². The lowest BCUT2D eigenvalue weighted by Gasteiger charge is -2.17. The van der Waals surface area contributed by atoms with Gasteiger partial charge in [0, 0.05) is 0 Å². The lowest BCUT2D eigenvalue weighted by Crippen LogP contribution is -2.29. The highest BCUT2D eigenvalue weighted by molar-refractivity contribution is 5.27. The number of hydrazine groups is 1. The highest BCUT2D eigenvalue weighted by atomic mass is 19.1. The maximum atomic E-state index is 13.6. The van der Waals surface area contributed by atoms with Crippen molar-refractivity contribution in [3.8, 4) is 0 Å². The molecule has 18 heavy (non-hydrogen) atoms. The number of nitrogens with one attached hydrogen (secondary N) is 1. The van der Waals surface area contributed by atoms with Gasteiger partial charge in [0.15, 0.2) is 0 Å². The Kier molecular flexibility index (Phi) is 4.07. The average molecular weight is 244 g/mol. The van der Waals surface area contributed by atoms with E-state index in [0.29, 0.717) is 12.0 Å². The van der Waals surface area contributed by atoms with Gasteiger partial charge in [-0.2, -0.15) is 0 Å². The molecule has 0 heterocycles. The molecule has 0 aliphatic carbocycles. The number of hydrogen-bond donors (Lipinski definition) is 2. The molecular formula is C15H17FN2. The summed E-state index contributed by atoms with van der Waals surface area (Å²) < 4.78 is 13.6. The Morgan fingerprint density at radius 3 is 2.39 bits per heavy atom. The molecule has 0 aliphatic heterocycles. The van der Waals surface area contributed by atoms with Crippen LogP contribution in [-0.4, -0.2) is 0 Å². The standard InChI is InChI=1S/C15H17FN2/c1-11-6-8-12(9-7-11)15(18-17)10-13-4-2-3-5-14(13)16/h2-9,15,18H,10,17H2,1H3. The third-order valence-corrected chi connectivity index (χ3v) is 3.06. The number of halogens is 1. The summed E-state index contributed by atoms with van der Waals surface area (Å²) in [5.41, 5.74) is 5.67. The van der Waals surface area contributed by atoms with Gasteiger partial charge < -0.3 is 0 Å². The fourth-order valence-electron chi connectivity index (χ4n) is 1.96. The second-order valence-corrected chi connectivity index (χ2v) is 4.43. The molecule has 2 aromatic rings. The molecule has 0 bridgehead atoms. The minimum Gasteiger partial charge on any atom is -0.271 e. The zero-order chi connectivity index (χ0) is 13.0. The molecule has 94 valence electrons. The van der Waals surface area contributed by atoms with Crippen LogP contribution >= 0.6 is 0 Å². The van der Waals surface area contributed by atoms with Crippen molar-refractivity contribution in [2.24, 2.45) is 5.84 Å². The molecule has 0 saturated carbocycles. The van der Waals surface area contributed by atoms with E-state index in [9.17, 15) is 4.39 Å². The van der Waals surface area contributed by atoms with Crippen LogP contribution in [0.15, 0.2) is 48.5 Å². The molecule has 0 aromatic heterocycles. The van der Waals surface area contributed by atoms with Gasteiger partial charge in [-0.15, -0.1) is 0 Å². The lowest BCUT2D eigenvalue weighted by atomic mass is 9.98. The van der Waals surface area contributed by atoms with Gasteiger partial charge in [0.05, 0.1) is 6.04 Å². The van der Waals surface area contributed by atoms with Crippen molar-refractivity contribution in [2.45, 2.75) is 19.4 Å². The van der Waals surface area contributed by atoms with Gasteiger partial charge in [-0.1, -0.05) is 48.0 Å². The molecule has 3 N–H and O–H groups in total. The third kappa shape index (κ3) is 2.94. The Bertz CT molecular complexity index is 508. The first-order valence-electron chi connectivity index (χ1n) is 5.97. The third-order valence-electron chi connectivity index (χ3n) is 3.06. The Labute approximate surface area is 107 Å². The van der Waals surface area contributed by atoms with Gasteiger partial charge in [0.25, 0.3) is 0 Å². The van der Waals surface area contributed by atoms with Crippen molar-refractivity contribution >= 4 is 0 Å². The second-order valence-electron chi connectivity index (χ2n) is 4.43. The molecule has 2 rings (SSSR count). The summed E-state index contributed by atoms with van der Waals surface area (Å²) >= 11 is 0. The van der Waals surface area contributed by atoms with Crippen LogP contribution in [-0.2, 0) is 6.42 Å². The molecule has 2 nitrogen and oxygen atoms in total. The summed E-state index contributed by atoms with van der Waals surface area (Å²) in [5.74, 6) is 5.38. The molecular weight excluding hydrogens is 227 g/mol. The molecule has 0 amide bonds. The van der Waals surface area contributed by atoms with E-state index >= 15 is 0 Å². The van der Waals surface area contributed by atoms with E-state index in [2.05, 4.69) is 5.43 Å². The first-order valence-corrected chi connectivity index (χ1v) is 5.97. The van der Waals surface area contributed by atoms with Crippen LogP contribution in [0.1, 0.15) is 22.7 Å². The normalized spacial score (nSPS) is 12.4. The van der Waals surface area contributed by atoms with E-state index in [1.54, 1.807) is 12.1 Å². The summed E-state index contributed by atoms with van der Waals surface area (Å²) in [7, 11) is 0. The van der Waals surface area contributed by atoms with E-state index in [1.807, 2.05) is 37.3 Å². The van der Waals surface area contributed by atoms with Crippen LogP contribution in [0.5, 0.6) is 0 Å². The van der Waals surface area contributed by atoms with Gasteiger partial charge in [-0.3, -0.25) is 11.3 Å². The van der Waals surface area contributed by atoms with Crippen molar-refractivity contribution in [3.63, 3.8) is 0 Å². The first kappa shape index (κ1) is 12.7. The van der Waals surface area contributed by atoms with Crippen LogP contribution in [0, 0.1) is 12.7 Å². The largest absolute Gasteiger partial charge is 0.271 e. The van der Waals surface area contributed by atoms with Gasteiger partial charge in [-0.05, 0) is 30.5 Å². The molecule has 3 heteroatoms. The summed E-state index contributed by atoms with van der Waals surface area (Å²) in [4.78, 5) is 0. The zero-order valence-electron chi connectivity index (χ0n) is 10.4. The van der Waals surface area contributed by atoms with Gasteiger partial charge >= 0.3 is 0 Å². The predicted molar refractivity (Wildman–Crippen MR) is 71.3 cm³/mol. The smallest absolute Gasteiger partial charge is 0.126 e. The van der Waals surface area contributed by atoms with Crippen LogP contribution in [0.2, 0.25) is 0 Å². The monoisotopic (exact) mass is 244 g/mol. The number of aryl methyl sites for hydroxylation is 1.